The van der Waals surface area contributed by atoms with Crippen LogP contribution in [0.15, 0.2) is 10.5 Å². The summed E-state index contributed by atoms with van der Waals surface area (Å²) in [5.74, 6) is 0.727. The third-order valence-corrected chi connectivity index (χ3v) is 5.89. The maximum atomic E-state index is 12.7. The summed E-state index contributed by atoms with van der Waals surface area (Å²) in [5, 5.41) is 9.33. The van der Waals surface area contributed by atoms with E-state index in [-0.39, 0.29) is 41.2 Å². The Morgan fingerprint density at radius 2 is 1.86 bits per heavy atom. The van der Waals surface area contributed by atoms with Crippen molar-refractivity contribution >= 4 is 53.1 Å². The molecule has 1 aromatic heterocycles. The molecule has 1 fully saturated rings. The van der Waals surface area contributed by atoms with E-state index >= 15 is 0 Å². The highest BCUT2D eigenvalue weighted by molar-refractivity contribution is 14.0. The first-order chi connectivity index (χ1) is 13.4. The minimum absolute atomic E-state index is 0. The summed E-state index contributed by atoms with van der Waals surface area (Å²) in [7, 11) is 3.62. The number of amides is 2. The molecule has 29 heavy (non-hydrogen) atoms. The fourth-order valence-corrected chi connectivity index (χ4v) is 4.21. The van der Waals surface area contributed by atoms with Crippen LogP contribution in [0.1, 0.15) is 48.0 Å². The Labute approximate surface area is 194 Å². The van der Waals surface area contributed by atoms with Crippen molar-refractivity contribution < 1.29 is 9.59 Å². The van der Waals surface area contributed by atoms with Gasteiger partial charge < -0.3 is 20.9 Å². The molecule has 1 saturated carbocycles. The Morgan fingerprint density at radius 1 is 1.21 bits per heavy atom. The molecule has 0 saturated heterocycles. The van der Waals surface area contributed by atoms with E-state index in [1.807, 2.05) is 27.9 Å². The van der Waals surface area contributed by atoms with Gasteiger partial charge in [0.2, 0.25) is 5.91 Å². The minimum Gasteiger partial charge on any atom is -0.357 e. The molecule has 2 rings (SSSR count). The first kappa shape index (κ1) is 25.6. The van der Waals surface area contributed by atoms with Crippen molar-refractivity contribution in [3.05, 3.63) is 16.1 Å². The lowest BCUT2D eigenvalue weighted by atomic mass is 9.85. The molecule has 0 aromatic carbocycles. The predicted molar refractivity (Wildman–Crippen MR) is 128 cm³/mol. The fraction of sp³-hybridized carbons (Fsp3) is 0.684. The van der Waals surface area contributed by atoms with Crippen LogP contribution < -0.4 is 16.0 Å². The molecule has 0 atom stereocenters. The number of hydrogen-bond donors (Lipinski definition) is 3. The highest BCUT2D eigenvalue weighted by atomic mass is 127. The monoisotopic (exact) mass is 536 g/mol. The van der Waals surface area contributed by atoms with E-state index < -0.39 is 0 Å². The number of carbonyl (C=O) groups excluding carboxylic acids is 2. The second kappa shape index (κ2) is 12.3. The van der Waals surface area contributed by atoms with E-state index in [2.05, 4.69) is 25.9 Å². The van der Waals surface area contributed by atoms with Gasteiger partial charge in [-0.25, -0.2) is 4.98 Å². The molecule has 0 unspecified atom stereocenters. The van der Waals surface area contributed by atoms with Crippen LogP contribution in [0, 0.1) is 12.3 Å². The molecule has 1 aliphatic carbocycles. The first-order valence-electron chi connectivity index (χ1n) is 9.82. The highest BCUT2D eigenvalue weighted by Gasteiger charge is 2.42. The largest absolute Gasteiger partial charge is 0.357 e. The van der Waals surface area contributed by atoms with Gasteiger partial charge in [0.25, 0.3) is 5.91 Å². The molecule has 10 heteroatoms. The lowest BCUT2D eigenvalue weighted by molar-refractivity contribution is -0.138. The van der Waals surface area contributed by atoms with Crippen molar-refractivity contribution in [3.63, 3.8) is 0 Å². The Hall–Kier alpha value is -1.43. The average molecular weight is 536 g/mol. The quantitative estimate of drug-likeness (QED) is 0.204. The second-order valence-electron chi connectivity index (χ2n) is 7.33. The van der Waals surface area contributed by atoms with Crippen LogP contribution in [0.5, 0.6) is 0 Å². The predicted octanol–water partition coefficient (Wildman–Crippen LogP) is 2.00. The average Bonchev–Trinajstić information content (AvgIpc) is 3.32. The zero-order valence-corrected chi connectivity index (χ0v) is 20.9. The summed E-state index contributed by atoms with van der Waals surface area (Å²) >= 11 is 1.34. The number of aryl methyl sites for hydroxylation is 1. The van der Waals surface area contributed by atoms with E-state index in [0.29, 0.717) is 30.5 Å². The summed E-state index contributed by atoms with van der Waals surface area (Å²) < 4.78 is 0. The zero-order valence-electron chi connectivity index (χ0n) is 17.7. The Bertz CT molecular complexity index is 701. The van der Waals surface area contributed by atoms with E-state index in [1.54, 1.807) is 10.4 Å². The van der Waals surface area contributed by atoms with Gasteiger partial charge in [0.1, 0.15) is 4.88 Å². The molecule has 3 N–H and O–H groups in total. The number of nitrogens with one attached hydrogen (secondary N) is 3. The van der Waals surface area contributed by atoms with Crippen LogP contribution in [0.3, 0.4) is 0 Å². The first-order valence-corrected chi connectivity index (χ1v) is 10.7. The molecule has 0 bridgehead atoms. The van der Waals surface area contributed by atoms with Crippen molar-refractivity contribution in [2.45, 2.75) is 39.5 Å². The molecule has 0 radical (unpaired) electrons. The molecule has 1 aromatic rings. The van der Waals surface area contributed by atoms with Crippen LogP contribution >= 0.6 is 35.3 Å². The number of hydrogen-bond acceptors (Lipinski definition) is 5. The van der Waals surface area contributed by atoms with Gasteiger partial charge in [-0.2, -0.15) is 0 Å². The van der Waals surface area contributed by atoms with E-state index in [1.165, 1.54) is 11.3 Å². The maximum absolute atomic E-state index is 12.7. The number of thiazole rings is 1. The van der Waals surface area contributed by atoms with Gasteiger partial charge in [-0.05, 0) is 26.7 Å². The number of aliphatic imine (C=N–C) groups is 1. The zero-order chi connectivity index (χ0) is 20.6. The third kappa shape index (κ3) is 7.09. The van der Waals surface area contributed by atoms with Gasteiger partial charge in [0.15, 0.2) is 5.96 Å². The number of carbonyl (C=O) groups is 2. The number of rotatable bonds is 8. The van der Waals surface area contributed by atoms with Crippen molar-refractivity contribution in [2.24, 2.45) is 10.4 Å². The maximum Gasteiger partial charge on any atom is 0.263 e. The Morgan fingerprint density at radius 3 is 2.41 bits per heavy atom. The molecule has 1 heterocycles. The number of halogens is 1. The lowest BCUT2D eigenvalue weighted by Crippen LogP contribution is -2.44. The second-order valence-corrected chi connectivity index (χ2v) is 8.19. The molecule has 8 nitrogen and oxygen atoms in total. The SMILES string of the molecule is CCNC(=NCC1(C(=O)N(C)C)CCCC1)NCCNC(=O)c1scnc1C.I. The summed E-state index contributed by atoms with van der Waals surface area (Å²) in [4.78, 5) is 35.9. The number of guanidine groups is 1. The van der Waals surface area contributed by atoms with Gasteiger partial charge in [-0.1, -0.05) is 12.8 Å². The highest BCUT2D eigenvalue weighted by Crippen LogP contribution is 2.39. The van der Waals surface area contributed by atoms with Crippen molar-refractivity contribution in [2.75, 3.05) is 40.3 Å². The molecule has 1 aliphatic rings. The van der Waals surface area contributed by atoms with E-state index in [9.17, 15) is 9.59 Å². The van der Waals surface area contributed by atoms with Crippen LogP contribution in [-0.2, 0) is 4.79 Å². The van der Waals surface area contributed by atoms with Crippen LogP contribution in [-0.4, -0.2) is 67.9 Å². The number of nitrogens with zero attached hydrogens (tertiary/aromatic N) is 3. The van der Waals surface area contributed by atoms with Gasteiger partial charge in [-0.15, -0.1) is 35.3 Å². The molecule has 2 amide bonds. The van der Waals surface area contributed by atoms with Gasteiger partial charge in [-0.3, -0.25) is 14.6 Å². The fourth-order valence-electron chi connectivity index (χ4n) is 3.49. The van der Waals surface area contributed by atoms with Crippen molar-refractivity contribution in [3.8, 4) is 0 Å². The standard InChI is InChI=1S/C19H32N6O2S.HI/c1-5-20-18(22-11-10-21-16(26)15-14(2)24-13-28-15)23-12-19(8-6-7-9-19)17(27)25(3)4;/h13H,5-12H2,1-4H3,(H,21,26)(H2,20,22,23);1H. The third-order valence-electron chi connectivity index (χ3n) is 4.96. The lowest BCUT2D eigenvalue weighted by Gasteiger charge is -2.29. The smallest absolute Gasteiger partial charge is 0.263 e. The Kier molecular flexibility index (Phi) is 10.9. The van der Waals surface area contributed by atoms with Crippen molar-refractivity contribution in [1.82, 2.24) is 25.8 Å². The summed E-state index contributed by atoms with van der Waals surface area (Å²) in [6.45, 7) is 6.06. The topological polar surface area (TPSA) is 98.7 Å². The van der Waals surface area contributed by atoms with E-state index in [0.717, 1.165) is 37.9 Å². The summed E-state index contributed by atoms with van der Waals surface area (Å²) in [5.41, 5.74) is 2.04. The normalized spacial score (nSPS) is 15.4. The van der Waals surface area contributed by atoms with Gasteiger partial charge >= 0.3 is 0 Å². The van der Waals surface area contributed by atoms with Crippen LogP contribution in [0.2, 0.25) is 0 Å². The van der Waals surface area contributed by atoms with Crippen molar-refractivity contribution in [1.29, 1.82) is 0 Å². The van der Waals surface area contributed by atoms with Crippen LogP contribution in [0.4, 0.5) is 0 Å². The molecular formula is C19H33IN6O2S. The Balaban J connectivity index is 0.00000420. The van der Waals surface area contributed by atoms with Gasteiger partial charge in [0, 0.05) is 33.7 Å². The summed E-state index contributed by atoms with van der Waals surface area (Å²) in [6.07, 6.45) is 3.92. The number of aromatic nitrogens is 1. The van der Waals surface area contributed by atoms with E-state index in [4.69, 9.17) is 0 Å². The molecule has 0 spiro atoms. The minimum atomic E-state index is -0.385. The van der Waals surface area contributed by atoms with Gasteiger partial charge in [0.05, 0.1) is 23.2 Å². The molecule has 0 aliphatic heterocycles. The summed E-state index contributed by atoms with van der Waals surface area (Å²) in [6, 6.07) is 0. The molecule has 164 valence electrons. The molecular weight excluding hydrogens is 503 g/mol. The van der Waals surface area contributed by atoms with Crippen LogP contribution in [0.25, 0.3) is 0 Å².